The van der Waals surface area contributed by atoms with Gasteiger partial charge in [-0.1, -0.05) is 17.7 Å². The minimum atomic E-state index is 0.0203. The van der Waals surface area contributed by atoms with Gasteiger partial charge in [-0.25, -0.2) is 0 Å². The van der Waals surface area contributed by atoms with Crippen molar-refractivity contribution >= 4 is 28.4 Å². The summed E-state index contributed by atoms with van der Waals surface area (Å²) in [7, 11) is 1.65. The van der Waals surface area contributed by atoms with E-state index in [-0.39, 0.29) is 5.91 Å². The van der Waals surface area contributed by atoms with Crippen LogP contribution in [0.1, 0.15) is 12.0 Å². The highest BCUT2D eigenvalue weighted by Gasteiger charge is 2.08. The predicted molar refractivity (Wildman–Crippen MR) is 76.5 cm³/mol. The molecule has 0 saturated carbocycles. The highest BCUT2D eigenvalue weighted by molar-refractivity contribution is 6.31. The first-order valence-corrected chi connectivity index (χ1v) is 6.59. The van der Waals surface area contributed by atoms with Crippen molar-refractivity contribution in [1.82, 2.24) is 10.3 Å². The molecule has 1 heterocycles. The van der Waals surface area contributed by atoms with Crippen LogP contribution in [0, 0.1) is 0 Å². The van der Waals surface area contributed by atoms with Crippen molar-refractivity contribution < 1.29 is 9.53 Å². The highest BCUT2D eigenvalue weighted by atomic mass is 35.5. The summed E-state index contributed by atoms with van der Waals surface area (Å²) in [4.78, 5) is 14.9. The van der Waals surface area contributed by atoms with Crippen LogP contribution in [0.2, 0.25) is 5.02 Å². The zero-order chi connectivity index (χ0) is 13.7. The van der Waals surface area contributed by atoms with E-state index in [0.717, 1.165) is 22.9 Å². The van der Waals surface area contributed by atoms with Crippen LogP contribution in [0.4, 0.5) is 0 Å². The number of halogens is 1. The summed E-state index contributed by atoms with van der Waals surface area (Å²) in [6, 6.07) is 5.62. The molecule has 0 radical (unpaired) electrons. The molecule has 102 valence electrons. The molecule has 2 rings (SSSR count). The molecule has 2 aromatic rings. The van der Waals surface area contributed by atoms with E-state index >= 15 is 0 Å². The van der Waals surface area contributed by atoms with Crippen molar-refractivity contribution in [3.8, 4) is 0 Å². The first-order valence-electron chi connectivity index (χ1n) is 6.22. The molecule has 0 bridgehead atoms. The van der Waals surface area contributed by atoms with Crippen LogP contribution in [-0.4, -0.2) is 31.2 Å². The van der Waals surface area contributed by atoms with E-state index in [2.05, 4.69) is 10.3 Å². The lowest BCUT2D eigenvalue weighted by molar-refractivity contribution is -0.120. The minimum absolute atomic E-state index is 0.0203. The molecule has 0 fully saturated rings. The van der Waals surface area contributed by atoms with E-state index in [1.165, 1.54) is 0 Å². The first kappa shape index (κ1) is 13.9. The Hall–Kier alpha value is -1.52. The van der Waals surface area contributed by atoms with Crippen molar-refractivity contribution in [3.05, 3.63) is 35.0 Å². The van der Waals surface area contributed by atoms with Crippen molar-refractivity contribution in [2.75, 3.05) is 20.3 Å². The van der Waals surface area contributed by atoms with E-state index in [9.17, 15) is 4.79 Å². The van der Waals surface area contributed by atoms with Gasteiger partial charge in [0.1, 0.15) is 0 Å². The zero-order valence-corrected chi connectivity index (χ0v) is 11.6. The van der Waals surface area contributed by atoms with Gasteiger partial charge in [-0.15, -0.1) is 0 Å². The van der Waals surface area contributed by atoms with Crippen molar-refractivity contribution in [1.29, 1.82) is 0 Å². The van der Waals surface area contributed by atoms with Crippen LogP contribution in [0.3, 0.4) is 0 Å². The van der Waals surface area contributed by atoms with Gasteiger partial charge in [0, 0.05) is 42.4 Å². The fraction of sp³-hybridized carbons (Fsp3) is 0.357. The Morgan fingerprint density at radius 1 is 1.47 bits per heavy atom. The lowest BCUT2D eigenvalue weighted by Gasteiger charge is -2.04. The average molecular weight is 281 g/mol. The van der Waals surface area contributed by atoms with Crippen molar-refractivity contribution in [3.63, 3.8) is 0 Å². The average Bonchev–Trinajstić information content (AvgIpc) is 2.77. The Bertz CT molecular complexity index is 566. The first-order chi connectivity index (χ1) is 9.20. The number of carbonyl (C=O) groups excluding carboxylic acids is 1. The summed E-state index contributed by atoms with van der Waals surface area (Å²) in [5, 5.41) is 4.60. The Balaban J connectivity index is 1.95. The number of ether oxygens (including phenoxy) is 1. The van der Waals surface area contributed by atoms with Gasteiger partial charge < -0.3 is 15.0 Å². The highest BCUT2D eigenvalue weighted by Crippen LogP contribution is 2.22. The summed E-state index contributed by atoms with van der Waals surface area (Å²) in [6.07, 6.45) is 3.05. The summed E-state index contributed by atoms with van der Waals surface area (Å²) in [5.74, 6) is 0.0203. The van der Waals surface area contributed by atoms with E-state index in [4.69, 9.17) is 16.3 Å². The second-order valence-corrected chi connectivity index (χ2v) is 4.81. The number of hydrogen-bond donors (Lipinski definition) is 2. The Morgan fingerprint density at radius 2 is 2.32 bits per heavy atom. The second kappa shape index (κ2) is 6.59. The number of amides is 1. The summed E-state index contributed by atoms with van der Waals surface area (Å²) < 4.78 is 4.93. The maximum atomic E-state index is 11.8. The summed E-state index contributed by atoms with van der Waals surface area (Å²) in [6.45, 7) is 1.30. The van der Waals surface area contributed by atoms with Gasteiger partial charge in [0.2, 0.25) is 5.91 Å². The fourth-order valence-electron chi connectivity index (χ4n) is 1.98. The second-order valence-electron chi connectivity index (χ2n) is 4.38. The molecule has 1 amide bonds. The van der Waals surface area contributed by atoms with Gasteiger partial charge in [-0.2, -0.15) is 0 Å². The standard InChI is InChI=1S/C14H17ClN2O2/c1-19-6-2-5-16-14(18)7-10-9-17-13-8-11(15)3-4-12(10)13/h3-4,8-9,17H,2,5-7H2,1H3,(H,16,18). The Labute approximate surface area is 117 Å². The number of hydrogen-bond acceptors (Lipinski definition) is 2. The number of carbonyl (C=O) groups is 1. The summed E-state index contributed by atoms with van der Waals surface area (Å²) >= 11 is 5.92. The molecular formula is C14H17ClN2O2. The number of fused-ring (bicyclic) bond motifs is 1. The van der Waals surface area contributed by atoms with E-state index in [1.807, 2.05) is 24.4 Å². The molecule has 0 aliphatic rings. The van der Waals surface area contributed by atoms with E-state index < -0.39 is 0 Å². The third-order valence-corrected chi connectivity index (χ3v) is 3.16. The fourth-order valence-corrected chi connectivity index (χ4v) is 2.16. The van der Waals surface area contributed by atoms with E-state index in [0.29, 0.717) is 24.6 Å². The number of H-pyrrole nitrogens is 1. The molecule has 0 spiro atoms. The van der Waals surface area contributed by atoms with Crippen LogP contribution >= 0.6 is 11.6 Å². The largest absolute Gasteiger partial charge is 0.385 e. The van der Waals surface area contributed by atoms with Gasteiger partial charge in [-0.05, 0) is 24.1 Å². The molecule has 5 heteroatoms. The van der Waals surface area contributed by atoms with Crippen molar-refractivity contribution in [2.45, 2.75) is 12.8 Å². The Kier molecular flexibility index (Phi) is 4.82. The number of benzene rings is 1. The molecule has 0 aliphatic heterocycles. The molecule has 19 heavy (non-hydrogen) atoms. The lowest BCUT2D eigenvalue weighted by atomic mass is 10.1. The monoisotopic (exact) mass is 280 g/mol. The van der Waals surface area contributed by atoms with Gasteiger partial charge in [0.25, 0.3) is 0 Å². The van der Waals surface area contributed by atoms with Crippen LogP contribution in [-0.2, 0) is 16.0 Å². The molecular weight excluding hydrogens is 264 g/mol. The van der Waals surface area contributed by atoms with Gasteiger partial charge in [-0.3, -0.25) is 4.79 Å². The number of nitrogens with one attached hydrogen (secondary N) is 2. The number of aromatic nitrogens is 1. The molecule has 2 N–H and O–H groups in total. The van der Waals surface area contributed by atoms with Crippen LogP contribution < -0.4 is 5.32 Å². The molecule has 0 atom stereocenters. The molecule has 1 aromatic heterocycles. The SMILES string of the molecule is COCCCNC(=O)Cc1c[nH]c2cc(Cl)ccc12. The molecule has 4 nitrogen and oxygen atoms in total. The topological polar surface area (TPSA) is 54.1 Å². The van der Waals surface area contributed by atoms with Gasteiger partial charge >= 0.3 is 0 Å². The molecule has 0 saturated heterocycles. The van der Waals surface area contributed by atoms with Gasteiger partial charge in [0.15, 0.2) is 0 Å². The van der Waals surface area contributed by atoms with Crippen LogP contribution in [0.25, 0.3) is 10.9 Å². The third-order valence-electron chi connectivity index (χ3n) is 2.93. The number of rotatable bonds is 6. The van der Waals surface area contributed by atoms with Crippen molar-refractivity contribution in [2.24, 2.45) is 0 Å². The maximum absolute atomic E-state index is 11.8. The predicted octanol–water partition coefficient (Wildman–Crippen LogP) is 2.52. The third kappa shape index (κ3) is 3.72. The minimum Gasteiger partial charge on any atom is -0.385 e. The number of methoxy groups -OCH3 is 1. The number of aromatic amines is 1. The van der Waals surface area contributed by atoms with Crippen LogP contribution in [0.15, 0.2) is 24.4 Å². The van der Waals surface area contributed by atoms with Gasteiger partial charge in [0.05, 0.1) is 6.42 Å². The van der Waals surface area contributed by atoms with Crippen LogP contribution in [0.5, 0.6) is 0 Å². The van der Waals surface area contributed by atoms with E-state index in [1.54, 1.807) is 7.11 Å². The maximum Gasteiger partial charge on any atom is 0.224 e. The summed E-state index contributed by atoms with van der Waals surface area (Å²) in [5.41, 5.74) is 1.94. The molecule has 0 unspecified atom stereocenters. The molecule has 0 aliphatic carbocycles. The quantitative estimate of drug-likeness (QED) is 0.799. The lowest BCUT2D eigenvalue weighted by Crippen LogP contribution is -2.26. The smallest absolute Gasteiger partial charge is 0.224 e. The molecule has 1 aromatic carbocycles. The zero-order valence-electron chi connectivity index (χ0n) is 10.8. The normalized spacial score (nSPS) is 10.8. The Morgan fingerprint density at radius 3 is 3.11 bits per heavy atom.